The first-order valence-electron chi connectivity index (χ1n) is 5.17. The number of hydrogen-bond acceptors (Lipinski definition) is 6. The normalized spacial score (nSPS) is 12.6. The van der Waals surface area contributed by atoms with Crippen molar-refractivity contribution in [3.8, 4) is 0 Å². The third-order valence-corrected chi connectivity index (χ3v) is 2.45. The van der Waals surface area contributed by atoms with Crippen LogP contribution in [0.5, 0.6) is 0 Å². The Kier molecular flexibility index (Phi) is 11.1. The summed E-state index contributed by atoms with van der Waals surface area (Å²) < 4.78 is 38.4. The highest BCUT2D eigenvalue weighted by atomic mass is 32.2. The molecule has 0 rings (SSSR count). The van der Waals surface area contributed by atoms with Crippen molar-refractivity contribution in [2.75, 3.05) is 19.0 Å². The minimum atomic E-state index is -4.15. The fourth-order valence-corrected chi connectivity index (χ4v) is 1.14. The molecule has 0 aromatic rings. The van der Waals surface area contributed by atoms with Crippen LogP contribution in [0.2, 0.25) is 0 Å². The molecular weight excluding hydrogens is 288 g/mol. The molecule has 0 amide bonds. The van der Waals surface area contributed by atoms with Gasteiger partial charge < -0.3 is 9.47 Å². The van der Waals surface area contributed by atoms with Gasteiger partial charge in [0.15, 0.2) is 0 Å². The van der Waals surface area contributed by atoms with Crippen molar-refractivity contribution in [3.05, 3.63) is 12.2 Å². The van der Waals surface area contributed by atoms with E-state index in [0.29, 0.717) is 0 Å². The summed E-state index contributed by atoms with van der Waals surface area (Å²) in [4.78, 5) is 22.2. The minimum absolute atomic E-state index is 0. The molecule has 1 atom stereocenters. The van der Waals surface area contributed by atoms with Crippen LogP contribution in [-0.4, -0.2) is 66.9 Å². The quantitative estimate of drug-likeness (QED) is 0.285. The Morgan fingerprint density at radius 3 is 2.37 bits per heavy atom. The molecule has 7 nitrogen and oxygen atoms in total. The third-order valence-electron chi connectivity index (χ3n) is 1.77. The average Bonchev–Trinajstić information content (AvgIpc) is 2.24. The lowest BCUT2D eigenvalue weighted by Gasteiger charge is -2.10. The van der Waals surface area contributed by atoms with Gasteiger partial charge in [-0.1, -0.05) is 6.08 Å². The smallest absolute Gasteiger partial charge is 0.330 e. The van der Waals surface area contributed by atoms with E-state index in [1.807, 2.05) is 0 Å². The molecule has 108 valence electrons. The van der Waals surface area contributed by atoms with Crippen LogP contribution >= 0.6 is 0 Å². The zero-order valence-electron chi connectivity index (χ0n) is 10.2. The van der Waals surface area contributed by atoms with E-state index in [2.05, 4.69) is 4.74 Å². The first-order valence-corrected chi connectivity index (χ1v) is 6.78. The van der Waals surface area contributed by atoms with Gasteiger partial charge in [0.1, 0.15) is 19.0 Å². The summed E-state index contributed by atoms with van der Waals surface area (Å²) in [6.45, 7) is 2.52. The Hall–Kier alpha value is -0.644. The SMILES string of the molecule is CC=CC(=O)OCC(C)C(=O)OCCS(=O)(=O)O.[MgH2]. The molecule has 0 aliphatic carbocycles. The van der Waals surface area contributed by atoms with Gasteiger partial charge in [0.25, 0.3) is 10.1 Å². The maximum absolute atomic E-state index is 11.3. The van der Waals surface area contributed by atoms with Gasteiger partial charge in [-0.05, 0) is 13.8 Å². The second-order valence-corrected chi connectivity index (χ2v) is 5.06. The standard InChI is InChI=1S/C10H16O7S.Mg.2H/c1-3-4-9(11)17-7-8(2)10(12)16-5-6-18(13,14)15;;;/h3-4,8H,5-7H2,1-2H3,(H,13,14,15);;;. The van der Waals surface area contributed by atoms with Crippen molar-refractivity contribution in [1.29, 1.82) is 0 Å². The summed E-state index contributed by atoms with van der Waals surface area (Å²) in [5.74, 6) is -2.65. The van der Waals surface area contributed by atoms with Gasteiger partial charge >= 0.3 is 35.0 Å². The number of ether oxygens (including phenoxy) is 2. The van der Waals surface area contributed by atoms with Crippen molar-refractivity contribution >= 4 is 45.1 Å². The largest absolute Gasteiger partial charge is 0.464 e. The lowest BCUT2D eigenvalue weighted by atomic mass is 10.2. The van der Waals surface area contributed by atoms with Gasteiger partial charge in [0.2, 0.25) is 0 Å². The average molecular weight is 307 g/mol. The number of rotatable bonds is 7. The lowest BCUT2D eigenvalue weighted by Crippen LogP contribution is -2.23. The summed E-state index contributed by atoms with van der Waals surface area (Å²) in [7, 11) is -4.15. The number of carbonyl (C=O) groups is 2. The van der Waals surface area contributed by atoms with Gasteiger partial charge in [0.05, 0.1) is 5.92 Å². The summed E-state index contributed by atoms with van der Waals surface area (Å²) in [5, 5.41) is 0. The molecule has 1 unspecified atom stereocenters. The Morgan fingerprint density at radius 2 is 1.89 bits per heavy atom. The van der Waals surface area contributed by atoms with Gasteiger partial charge in [0, 0.05) is 6.08 Å². The third kappa shape index (κ3) is 12.1. The maximum atomic E-state index is 11.3. The van der Waals surface area contributed by atoms with Crippen LogP contribution in [0.3, 0.4) is 0 Å². The predicted molar refractivity (Wildman–Crippen MR) is 70.9 cm³/mol. The highest BCUT2D eigenvalue weighted by Gasteiger charge is 2.17. The molecule has 0 aliphatic rings. The van der Waals surface area contributed by atoms with Crippen LogP contribution in [0.25, 0.3) is 0 Å². The molecule has 0 aliphatic heterocycles. The fraction of sp³-hybridized carbons (Fsp3) is 0.600. The second kappa shape index (κ2) is 10.2. The van der Waals surface area contributed by atoms with Crippen LogP contribution in [0, 0.1) is 5.92 Å². The first-order chi connectivity index (χ1) is 8.26. The molecule has 0 saturated heterocycles. The number of esters is 2. The van der Waals surface area contributed by atoms with Gasteiger partial charge in [-0.25, -0.2) is 4.79 Å². The van der Waals surface area contributed by atoms with E-state index in [1.54, 1.807) is 6.92 Å². The Morgan fingerprint density at radius 1 is 1.32 bits per heavy atom. The molecule has 0 aromatic carbocycles. The van der Waals surface area contributed by atoms with Crippen molar-refractivity contribution in [2.24, 2.45) is 5.92 Å². The summed E-state index contributed by atoms with van der Waals surface area (Å²) >= 11 is 0. The predicted octanol–water partition coefficient (Wildman–Crippen LogP) is -0.743. The van der Waals surface area contributed by atoms with Crippen LogP contribution < -0.4 is 0 Å². The van der Waals surface area contributed by atoms with Crippen LogP contribution in [0.4, 0.5) is 0 Å². The lowest BCUT2D eigenvalue weighted by molar-refractivity contribution is -0.151. The number of hydrogen-bond donors (Lipinski definition) is 1. The van der Waals surface area contributed by atoms with E-state index in [-0.39, 0.29) is 29.7 Å². The second-order valence-electron chi connectivity index (χ2n) is 3.48. The molecule has 0 bridgehead atoms. The van der Waals surface area contributed by atoms with Gasteiger partial charge in [-0.3, -0.25) is 9.35 Å². The maximum Gasteiger partial charge on any atom is 0.330 e. The van der Waals surface area contributed by atoms with E-state index in [9.17, 15) is 18.0 Å². The molecule has 0 spiro atoms. The molecular formula is C10H18MgO7S. The zero-order valence-corrected chi connectivity index (χ0v) is 11.0. The summed E-state index contributed by atoms with van der Waals surface area (Å²) in [5.41, 5.74) is 0. The number of carbonyl (C=O) groups excluding carboxylic acids is 2. The molecule has 0 saturated carbocycles. The van der Waals surface area contributed by atoms with E-state index < -0.39 is 40.3 Å². The highest BCUT2D eigenvalue weighted by molar-refractivity contribution is 7.85. The molecule has 9 heteroatoms. The Balaban J connectivity index is 0. The van der Waals surface area contributed by atoms with Crippen molar-refractivity contribution < 1.29 is 32.0 Å². The topological polar surface area (TPSA) is 107 Å². The van der Waals surface area contributed by atoms with Crippen LogP contribution in [0.1, 0.15) is 13.8 Å². The van der Waals surface area contributed by atoms with Crippen LogP contribution in [-0.2, 0) is 29.2 Å². The Bertz CT molecular complexity index is 416. The van der Waals surface area contributed by atoms with Gasteiger partial charge in [-0.15, -0.1) is 0 Å². The molecule has 0 radical (unpaired) electrons. The van der Waals surface area contributed by atoms with E-state index in [4.69, 9.17) is 9.29 Å². The van der Waals surface area contributed by atoms with Gasteiger partial charge in [-0.2, -0.15) is 8.42 Å². The fourth-order valence-electron chi connectivity index (χ4n) is 0.849. The van der Waals surface area contributed by atoms with E-state index >= 15 is 0 Å². The molecule has 19 heavy (non-hydrogen) atoms. The zero-order chi connectivity index (χ0) is 14.2. The summed E-state index contributed by atoms with van der Waals surface area (Å²) in [6.07, 6.45) is 2.70. The summed E-state index contributed by atoms with van der Waals surface area (Å²) in [6, 6.07) is 0. The van der Waals surface area contributed by atoms with E-state index in [0.717, 1.165) is 0 Å². The monoisotopic (exact) mass is 306 g/mol. The highest BCUT2D eigenvalue weighted by Crippen LogP contribution is 2.00. The number of allylic oxidation sites excluding steroid dienone is 1. The molecule has 1 N–H and O–H groups in total. The first kappa shape index (κ1) is 20.7. The minimum Gasteiger partial charge on any atom is -0.464 e. The van der Waals surface area contributed by atoms with Crippen molar-refractivity contribution in [2.45, 2.75) is 13.8 Å². The molecule has 0 aromatic heterocycles. The van der Waals surface area contributed by atoms with Crippen LogP contribution in [0.15, 0.2) is 12.2 Å². The molecule has 0 fully saturated rings. The Labute approximate surface area is 128 Å². The van der Waals surface area contributed by atoms with Crippen molar-refractivity contribution in [3.63, 3.8) is 0 Å². The van der Waals surface area contributed by atoms with Crippen molar-refractivity contribution in [1.82, 2.24) is 0 Å². The molecule has 0 heterocycles. The van der Waals surface area contributed by atoms with E-state index in [1.165, 1.54) is 19.1 Å².